The number of hydrogen-bond acceptors (Lipinski definition) is 20. The molecule has 0 radical (unpaired) electrons. The third-order valence-electron chi connectivity index (χ3n) is 10.9. The maximum Gasteiger partial charge on any atom is 0.327 e. The molecule has 0 fully saturated rings. The lowest BCUT2D eigenvalue weighted by atomic mass is 10.0. The normalized spacial score (nSPS) is 14.5. The minimum Gasteiger partial charge on any atom is -0.481 e. The number of nitrogens with one attached hydrogen (secondary N) is 9. The van der Waals surface area contributed by atoms with Crippen molar-refractivity contribution in [2.75, 3.05) is 24.6 Å². The molecule has 0 heterocycles. The number of carboxylic acids is 3. The first kappa shape index (κ1) is 71.9. The zero-order chi connectivity index (χ0) is 61.4. The van der Waals surface area contributed by atoms with E-state index in [2.05, 4.69) is 78.1 Å². The minimum absolute atomic E-state index is 0.0793. The van der Waals surface area contributed by atoms with Crippen LogP contribution in [-0.2, 0) is 71.9 Å². The molecule has 0 aliphatic heterocycles. The first-order valence-electron chi connectivity index (χ1n) is 24.2. The number of carbonyl (C=O) groups excluding carboxylic acids is 12. The van der Waals surface area contributed by atoms with Crippen LogP contribution in [0, 0.1) is 0 Å². The fourth-order valence-electron chi connectivity index (χ4n) is 6.60. The van der Waals surface area contributed by atoms with Crippen molar-refractivity contribution in [3.63, 3.8) is 0 Å². The van der Waals surface area contributed by atoms with Crippen LogP contribution in [0.5, 0.6) is 0 Å². The standard InChI is InChI=1S/C43H72N16O19S2/c1-18(60)33(41(76)58-23(5-10-28(46)62)38(73)55-21(7-12-31(65)66)35(70)51-15-30(64)52-26(17-80)42(77)78)59-40(75)24(6-11-29(47)63)57-36(71)20(3-2-14-50-43(48)49)54-37(72)22(4-9-27(45)61)56-39(74)25(8-13-32(67)68)53-34(69)19(44)16-79/h18-26,33,60,79-80H,2-17,44H2,1H3,(H2,45,61)(H2,46,62)(H2,47,63)(H,51,70)(H,52,64)(H,53,69)(H,54,72)(H,55,73)(H,56,74)(H,57,71)(H,58,76)(H,59,75)(H,65,66)(H,67,68)(H,77,78)(H4,48,49,50)/t18-,19+,20+,21+,22+,23+,24+,25+,26+,33+/m1/s1. The summed E-state index contributed by atoms with van der Waals surface area (Å²) in [7, 11) is 0. The molecule has 37 heteroatoms. The predicted molar refractivity (Wildman–Crippen MR) is 282 cm³/mol. The van der Waals surface area contributed by atoms with Crippen molar-refractivity contribution in [1.82, 2.24) is 47.9 Å². The largest absolute Gasteiger partial charge is 0.481 e. The fraction of sp³-hybridized carbons (Fsp3) is 0.628. The second-order valence-corrected chi connectivity index (χ2v) is 18.3. The molecule has 0 unspecified atom stereocenters. The highest BCUT2D eigenvalue weighted by Gasteiger charge is 2.36. The van der Waals surface area contributed by atoms with Gasteiger partial charge in [-0.2, -0.15) is 25.3 Å². The minimum atomic E-state index is -2.06. The average molecular weight is 1180 g/mol. The van der Waals surface area contributed by atoms with Crippen LogP contribution in [0.25, 0.3) is 0 Å². The van der Waals surface area contributed by atoms with Gasteiger partial charge in [0.15, 0.2) is 5.96 Å². The molecule has 35 nitrogen and oxygen atoms in total. The van der Waals surface area contributed by atoms with Gasteiger partial charge in [0.25, 0.3) is 0 Å². The Morgan fingerprint density at radius 1 is 0.450 bits per heavy atom. The molecule has 10 atom stereocenters. The summed E-state index contributed by atoms with van der Waals surface area (Å²) in [6.45, 7) is -0.0229. The molecule has 0 aliphatic rings. The van der Waals surface area contributed by atoms with E-state index in [4.69, 9.17) is 39.5 Å². The van der Waals surface area contributed by atoms with Gasteiger partial charge in [-0.1, -0.05) is 0 Å². The number of thiol groups is 2. The molecule has 0 bridgehead atoms. The Kier molecular flexibility index (Phi) is 33.9. The smallest absolute Gasteiger partial charge is 0.327 e. The molecular formula is C43H72N16O19S2. The number of carbonyl (C=O) groups is 15. The summed E-state index contributed by atoms with van der Waals surface area (Å²) in [5.74, 6) is -18.6. The van der Waals surface area contributed by atoms with E-state index >= 15 is 0 Å². The number of aliphatic hydroxyl groups excluding tert-OH is 1. The van der Waals surface area contributed by atoms with Gasteiger partial charge in [0.1, 0.15) is 48.3 Å². The molecule has 0 saturated heterocycles. The number of aliphatic carboxylic acids is 3. The molecule has 0 aromatic rings. The number of nitrogens with two attached hydrogens (primary N) is 6. The number of primary amides is 3. The lowest BCUT2D eigenvalue weighted by Gasteiger charge is -2.28. The highest BCUT2D eigenvalue weighted by atomic mass is 32.1. The van der Waals surface area contributed by atoms with Crippen LogP contribution in [0.15, 0.2) is 4.99 Å². The van der Waals surface area contributed by atoms with Gasteiger partial charge in [-0.15, -0.1) is 0 Å². The second kappa shape index (κ2) is 37.7. The number of aliphatic hydroxyl groups is 1. The highest BCUT2D eigenvalue weighted by molar-refractivity contribution is 7.80. The van der Waals surface area contributed by atoms with Crippen molar-refractivity contribution in [2.45, 2.75) is 144 Å². The van der Waals surface area contributed by atoms with Crippen LogP contribution in [0.3, 0.4) is 0 Å². The van der Waals surface area contributed by atoms with Gasteiger partial charge < -0.3 is 103 Å². The van der Waals surface area contributed by atoms with Gasteiger partial charge in [-0.3, -0.25) is 72.1 Å². The third kappa shape index (κ3) is 30.2. The van der Waals surface area contributed by atoms with Crippen LogP contribution in [-0.4, -0.2) is 200 Å². The molecule has 12 amide bonds. The lowest BCUT2D eigenvalue weighted by Crippen LogP contribution is -2.62. The van der Waals surface area contributed by atoms with E-state index in [9.17, 15) is 87.2 Å². The molecule has 0 aromatic heterocycles. The summed E-state index contributed by atoms with van der Waals surface area (Å²) in [6, 6.07) is -15.3. The molecule has 0 aliphatic carbocycles. The van der Waals surface area contributed by atoms with Gasteiger partial charge in [-0.05, 0) is 51.9 Å². The number of carboxylic acid groups (broad SMARTS) is 3. The third-order valence-corrected chi connectivity index (χ3v) is 11.7. The van der Waals surface area contributed by atoms with Crippen molar-refractivity contribution < 1.29 is 92.3 Å². The first-order chi connectivity index (χ1) is 37.3. The maximum absolute atomic E-state index is 14.1. The zero-order valence-electron chi connectivity index (χ0n) is 43.3. The van der Waals surface area contributed by atoms with Crippen LogP contribution in [0.4, 0.5) is 0 Å². The van der Waals surface area contributed by atoms with Crippen LogP contribution in [0.2, 0.25) is 0 Å². The van der Waals surface area contributed by atoms with Crippen LogP contribution >= 0.6 is 25.3 Å². The quantitative estimate of drug-likeness (QED) is 0.0117. The van der Waals surface area contributed by atoms with E-state index in [1.54, 1.807) is 0 Å². The maximum atomic E-state index is 14.1. The van der Waals surface area contributed by atoms with Gasteiger partial charge in [0, 0.05) is 50.2 Å². The van der Waals surface area contributed by atoms with E-state index in [1.165, 1.54) is 0 Å². The van der Waals surface area contributed by atoms with Crippen molar-refractivity contribution in [2.24, 2.45) is 39.4 Å². The van der Waals surface area contributed by atoms with E-state index < -0.39 is 220 Å². The molecular weight excluding hydrogens is 1110 g/mol. The fourth-order valence-corrected chi connectivity index (χ4v) is 7.02. The Morgan fingerprint density at radius 3 is 1.14 bits per heavy atom. The number of amides is 12. The molecule has 80 heavy (non-hydrogen) atoms. The summed E-state index contributed by atoms with van der Waals surface area (Å²) in [5.41, 5.74) is 32.4. The lowest BCUT2D eigenvalue weighted by molar-refractivity contribution is -0.141. The van der Waals surface area contributed by atoms with Crippen molar-refractivity contribution >= 4 is 120 Å². The number of guanidine groups is 1. The monoisotopic (exact) mass is 1180 g/mol. The Labute approximate surface area is 467 Å². The summed E-state index contributed by atoms with van der Waals surface area (Å²) in [5, 5.41) is 58.4. The molecule has 0 rings (SSSR count). The van der Waals surface area contributed by atoms with E-state index in [1.807, 2.05) is 0 Å². The summed E-state index contributed by atoms with van der Waals surface area (Å²) in [4.78, 5) is 195. The Bertz CT molecular complexity index is 2270. The Morgan fingerprint density at radius 2 is 0.800 bits per heavy atom. The highest BCUT2D eigenvalue weighted by Crippen LogP contribution is 2.10. The summed E-state index contributed by atoms with van der Waals surface area (Å²) >= 11 is 7.73. The van der Waals surface area contributed by atoms with Crippen molar-refractivity contribution in [3.8, 4) is 0 Å². The van der Waals surface area contributed by atoms with Crippen molar-refractivity contribution in [3.05, 3.63) is 0 Å². The van der Waals surface area contributed by atoms with Crippen molar-refractivity contribution in [1.29, 1.82) is 0 Å². The Hall–Kier alpha value is -8.06. The first-order valence-corrected chi connectivity index (χ1v) is 25.5. The second-order valence-electron chi connectivity index (χ2n) is 17.6. The number of nitrogens with zero attached hydrogens (tertiary/aromatic N) is 1. The van der Waals surface area contributed by atoms with Crippen LogP contribution < -0.4 is 82.3 Å². The van der Waals surface area contributed by atoms with Gasteiger partial charge in [0.2, 0.25) is 70.9 Å². The Balaban J connectivity index is 6.96. The molecule has 0 saturated carbocycles. The SMILES string of the molecule is C[C@@H](O)[C@H](NC(=O)[C@H](CCC(N)=O)NC(=O)[C@H](CCCN=C(N)N)NC(=O)[C@H](CCC(N)=O)NC(=O)[C@H](CCC(=O)O)NC(=O)[C@@H](N)CS)C(=O)N[C@@H](CCC(N)=O)C(=O)N[C@@H](CCC(=O)O)C(=O)NCC(=O)N[C@@H](CS)C(=O)O. The average Bonchev–Trinajstić information content (AvgIpc) is 3.37. The van der Waals surface area contributed by atoms with Gasteiger partial charge in [0.05, 0.1) is 18.7 Å². The summed E-state index contributed by atoms with van der Waals surface area (Å²) in [6.07, 6.45) is -8.38. The number of aliphatic imine (C=N–C) groups is 1. The number of rotatable bonds is 41. The molecule has 0 spiro atoms. The molecule has 25 N–H and O–H groups in total. The topological polar surface area (TPSA) is 614 Å². The van der Waals surface area contributed by atoms with E-state index in [0.717, 1.165) is 6.92 Å². The van der Waals surface area contributed by atoms with Crippen LogP contribution in [0.1, 0.15) is 84.0 Å². The summed E-state index contributed by atoms with van der Waals surface area (Å²) < 4.78 is 0. The zero-order valence-corrected chi connectivity index (χ0v) is 45.1. The molecule has 450 valence electrons. The van der Waals surface area contributed by atoms with Gasteiger partial charge >= 0.3 is 17.9 Å². The predicted octanol–water partition coefficient (Wildman–Crippen LogP) is -9.79. The molecule has 0 aromatic carbocycles. The van der Waals surface area contributed by atoms with E-state index in [0.29, 0.717) is 0 Å². The number of hydrogen-bond donors (Lipinski definition) is 21. The van der Waals surface area contributed by atoms with E-state index in [-0.39, 0.29) is 36.9 Å². The van der Waals surface area contributed by atoms with Gasteiger partial charge in [-0.25, -0.2) is 4.79 Å².